The molecule has 0 bridgehead atoms. The normalized spacial score (nSPS) is 21.6. The van der Waals surface area contributed by atoms with E-state index in [4.69, 9.17) is 4.74 Å². The van der Waals surface area contributed by atoms with Crippen molar-refractivity contribution in [3.05, 3.63) is 34.1 Å². The van der Waals surface area contributed by atoms with E-state index in [1.807, 2.05) is 6.07 Å². The Kier molecular flexibility index (Phi) is 3.02. The van der Waals surface area contributed by atoms with Gasteiger partial charge in [0.25, 0.3) is 0 Å². The number of rotatable bonds is 2. The second kappa shape index (κ2) is 4.45. The summed E-state index contributed by atoms with van der Waals surface area (Å²) in [7, 11) is 1.73. The number of hydrogen-bond donors (Lipinski definition) is 0. The summed E-state index contributed by atoms with van der Waals surface area (Å²) in [5.41, 5.74) is 0.263. The van der Waals surface area contributed by atoms with Gasteiger partial charge in [-0.2, -0.15) is 0 Å². The first kappa shape index (κ1) is 12.9. The number of nitrogens with zero attached hydrogens (tertiary/aromatic N) is 2. The van der Waals surface area contributed by atoms with Gasteiger partial charge < -0.3 is 9.64 Å². The first-order valence-electron chi connectivity index (χ1n) is 6.08. The van der Waals surface area contributed by atoms with Crippen LogP contribution in [-0.2, 0) is 11.3 Å². The summed E-state index contributed by atoms with van der Waals surface area (Å²) in [6.07, 6.45) is -0.272. The Balaban J connectivity index is 1.65. The third-order valence-electron chi connectivity index (χ3n) is 3.61. The first-order chi connectivity index (χ1) is 8.99. The zero-order valence-electron chi connectivity index (χ0n) is 10.5. The molecule has 0 radical (unpaired) electrons. The minimum Gasteiger partial charge on any atom is -0.438 e. The highest BCUT2D eigenvalue weighted by molar-refractivity contribution is 9.10. The zero-order valence-corrected chi connectivity index (χ0v) is 12.1. The van der Waals surface area contributed by atoms with Crippen LogP contribution >= 0.6 is 15.9 Å². The highest BCUT2D eigenvalue weighted by Crippen LogP contribution is 2.33. The molecule has 2 heterocycles. The van der Waals surface area contributed by atoms with Crippen LogP contribution in [-0.4, -0.2) is 48.2 Å². The van der Waals surface area contributed by atoms with Crippen LogP contribution < -0.4 is 0 Å². The van der Waals surface area contributed by atoms with Crippen LogP contribution in [0.4, 0.5) is 9.18 Å². The van der Waals surface area contributed by atoms with Gasteiger partial charge in [-0.05, 0) is 12.1 Å². The molecular weight excluding hydrogens is 315 g/mol. The average Bonchev–Trinajstić information content (AvgIpc) is 2.59. The topological polar surface area (TPSA) is 32.8 Å². The Bertz CT molecular complexity index is 511. The fraction of sp³-hybridized carbons (Fsp3) is 0.462. The van der Waals surface area contributed by atoms with Crippen molar-refractivity contribution in [1.29, 1.82) is 0 Å². The molecule has 1 aromatic carbocycles. The fourth-order valence-electron chi connectivity index (χ4n) is 2.74. The molecule has 1 amide bonds. The number of carbonyl (C=O) groups is 1. The third kappa shape index (κ3) is 2.23. The number of hydrogen-bond acceptors (Lipinski definition) is 3. The lowest BCUT2D eigenvalue weighted by Crippen LogP contribution is -2.63. The highest BCUT2D eigenvalue weighted by atomic mass is 79.9. The Morgan fingerprint density at radius 2 is 2.16 bits per heavy atom. The SMILES string of the molecule is CN1CC2(CN(Cc3c(F)cccc3Br)C2)OC1=O. The summed E-state index contributed by atoms with van der Waals surface area (Å²) in [5.74, 6) is -0.212. The predicted octanol–water partition coefficient (Wildman–Crippen LogP) is 2.22. The van der Waals surface area contributed by atoms with Gasteiger partial charge in [-0.3, -0.25) is 4.90 Å². The molecule has 1 spiro atoms. The van der Waals surface area contributed by atoms with Crippen LogP contribution in [0.3, 0.4) is 0 Å². The standard InChI is InChI=1S/C13H14BrFN2O2/c1-16-6-13(19-12(16)18)7-17(8-13)5-9-10(14)3-2-4-11(9)15/h2-4H,5-8H2,1H3. The molecule has 2 aliphatic rings. The second-order valence-electron chi connectivity index (χ2n) is 5.25. The van der Waals surface area contributed by atoms with E-state index in [-0.39, 0.29) is 17.5 Å². The molecule has 0 saturated carbocycles. The van der Waals surface area contributed by atoms with Gasteiger partial charge in [-0.1, -0.05) is 22.0 Å². The molecule has 0 aromatic heterocycles. The van der Waals surface area contributed by atoms with Crippen LogP contribution in [0.1, 0.15) is 5.56 Å². The van der Waals surface area contributed by atoms with Crippen molar-refractivity contribution in [2.24, 2.45) is 0 Å². The predicted molar refractivity (Wildman–Crippen MR) is 71.2 cm³/mol. The van der Waals surface area contributed by atoms with E-state index < -0.39 is 0 Å². The summed E-state index contributed by atoms with van der Waals surface area (Å²) in [6.45, 7) is 2.45. The van der Waals surface area contributed by atoms with Crippen molar-refractivity contribution in [2.75, 3.05) is 26.7 Å². The molecule has 1 aromatic rings. The maximum Gasteiger partial charge on any atom is 0.410 e. The summed E-state index contributed by atoms with van der Waals surface area (Å²) in [6, 6.07) is 4.96. The Morgan fingerprint density at radius 3 is 2.74 bits per heavy atom. The lowest BCUT2D eigenvalue weighted by atomic mass is 9.93. The highest BCUT2D eigenvalue weighted by Gasteiger charge is 2.52. The Hall–Kier alpha value is -1.14. The largest absolute Gasteiger partial charge is 0.438 e. The van der Waals surface area contributed by atoms with Crippen molar-refractivity contribution in [3.8, 4) is 0 Å². The molecule has 2 fully saturated rings. The monoisotopic (exact) mass is 328 g/mol. The molecular formula is C13H14BrFN2O2. The van der Waals surface area contributed by atoms with E-state index >= 15 is 0 Å². The van der Waals surface area contributed by atoms with Gasteiger partial charge in [-0.15, -0.1) is 0 Å². The molecule has 2 saturated heterocycles. The zero-order chi connectivity index (χ0) is 13.6. The van der Waals surface area contributed by atoms with Gasteiger partial charge in [0.15, 0.2) is 5.60 Å². The van der Waals surface area contributed by atoms with Crippen molar-refractivity contribution in [3.63, 3.8) is 0 Å². The van der Waals surface area contributed by atoms with E-state index in [1.54, 1.807) is 18.0 Å². The summed E-state index contributed by atoms with van der Waals surface area (Å²) < 4.78 is 19.9. The number of likely N-dealkylation sites (tertiary alicyclic amines) is 1. The quantitative estimate of drug-likeness (QED) is 0.834. The maximum absolute atomic E-state index is 13.7. The number of halogens is 2. The van der Waals surface area contributed by atoms with Gasteiger partial charge in [-0.25, -0.2) is 9.18 Å². The van der Waals surface area contributed by atoms with Crippen molar-refractivity contribution < 1.29 is 13.9 Å². The number of amides is 1. The van der Waals surface area contributed by atoms with Crippen LogP contribution in [0.15, 0.2) is 22.7 Å². The minimum absolute atomic E-state index is 0.212. The Morgan fingerprint density at radius 1 is 1.42 bits per heavy atom. The van der Waals surface area contributed by atoms with Gasteiger partial charge in [0.1, 0.15) is 5.82 Å². The smallest absolute Gasteiger partial charge is 0.410 e. The Labute approximate surface area is 119 Å². The molecule has 4 nitrogen and oxygen atoms in total. The van der Waals surface area contributed by atoms with E-state index in [2.05, 4.69) is 20.8 Å². The lowest BCUT2D eigenvalue weighted by molar-refractivity contribution is -0.0777. The van der Waals surface area contributed by atoms with Crippen LogP contribution in [0.5, 0.6) is 0 Å². The molecule has 3 rings (SSSR count). The number of likely N-dealkylation sites (N-methyl/N-ethyl adjacent to an activating group) is 1. The molecule has 102 valence electrons. The molecule has 0 unspecified atom stereocenters. The molecule has 0 N–H and O–H groups in total. The van der Waals surface area contributed by atoms with Crippen LogP contribution in [0, 0.1) is 5.82 Å². The van der Waals surface area contributed by atoms with Gasteiger partial charge >= 0.3 is 6.09 Å². The molecule has 0 atom stereocenters. The minimum atomic E-state index is -0.385. The summed E-state index contributed by atoms with van der Waals surface area (Å²) in [4.78, 5) is 15.0. The maximum atomic E-state index is 13.7. The van der Waals surface area contributed by atoms with E-state index in [0.717, 1.165) is 4.47 Å². The fourth-order valence-corrected chi connectivity index (χ4v) is 3.21. The molecule has 2 aliphatic heterocycles. The van der Waals surface area contributed by atoms with Gasteiger partial charge in [0.2, 0.25) is 0 Å². The molecule has 19 heavy (non-hydrogen) atoms. The second-order valence-corrected chi connectivity index (χ2v) is 6.11. The van der Waals surface area contributed by atoms with Crippen LogP contribution in [0.25, 0.3) is 0 Å². The van der Waals surface area contributed by atoms with Gasteiger partial charge in [0.05, 0.1) is 6.54 Å². The van der Waals surface area contributed by atoms with Crippen molar-refractivity contribution >= 4 is 22.0 Å². The van der Waals surface area contributed by atoms with Crippen molar-refractivity contribution in [2.45, 2.75) is 12.1 Å². The lowest BCUT2D eigenvalue weighted by Gasteiger charge is -2.45. The molecule has 0 aliphatic carbocycles. The number of benzene rings is 1. The third-order valence-corrected chi connectivity index (χ3v) is 4.35. The van der Waals surface area contributed by atoms with Gasteiger partial charge in [0, 0.05) is 36.7 Å². The van der Waals surface area contributed by atoms with E-state index in [0.29, 0.717) is 31.7 Å². The first-order valence-corrected chi connectivity index (χ1v) is 6.88. The van der Waals surface area contributed by atoms with E-state index in [1.165, 1.54) is 6.07 Å². The van der Waals surface area contributed by atoms with Crippen molar-refractivity contribution in [1.82, 2.24) is 9.80 Å². The van der Waals surface area contributed by atoms with Crippen LogP contribution in [0.2, 0.25) is 0 Å². The summed E-state index contributed by atoms with van der Waals surface area (Å²) >= 11 is 3.36. The molecule has 6 heteroatoms. The summed E-state index contributed by atoms with van der Waals surface area (Å²) in [5, 5.41) is 0. The number of ether oxygens (including phenoxy) is 1. The average molecular weight is 329 g/mol. The number of carbonyl (C=O) groups excluding carboxylic acids is 1. The van der Waals surface area contributed by atoms with E-state index in [9.17, 15) is 9.18 Å².